The van der Waals surface area contributed by atoms with E-state index in [4.69, 9.17) is 0 Å². The van der Waals surface area contributed by atoms with Gasteiger partial charge in [0.15, 0.2) is 0 Å². The maximum Gasteiger partial charge on any atom is 0.470 e. The predicted molar refractivity (Wildman–Crippen MR) is 79.1 cm³/mol. The molecule has 41 heavy (non-hydrogen) atoms. The molecule has 0 aliphatic heterocycles. The molecule has 0 atom stereocenters. The highest BCUT2D eigenvalue weighted by atomic mass is 28.4. The molecule has 0 aromatic rings. The van der Waals surface area contributed by atoms with Crippen LogP contribution in [0.5, 0.6) is 0 Å². The fraction of sp³-hybridized carbons (Fsp3) is 0.750. The number of amides is 3. The van der Waals surface area contributed by atoms with E-state index in [1.165, 1.54) is 0 Å². The van der Waals surface area contributed by atoms with Crippen molar-refractivity contribution >= 4 is 26.3 Å². The molecule has 0 aliphatic rings. The van der Waals surface area contributed by atoms with Crippen molar-refractivity contribution in [2.75, 3.05) is 0 Å². The topological polar surface area (TPSA) is 87.3 Å². The van der Waals surface area contributed by atoms with Gasteiger partial charge in [0.2, 0.25) is 0 Å². The molecule has 0 aliphatic carbocycles. The first-order valence-electron chi connectivity index (χ1n) is 8.52. The fourth-order valence-electron chi connectivity index (χ4n) is 2.06. The molecule has 242 valence electrons. The summed E-state index contributed by atoms with van der Waals surface area (Å²) < 4.78 is 287. The van der Waals surface area contributed by atoms with Crippen molar-refractivity contribution in [2.24, 2.45) is 0 Å². The number of alkyl halides is 22. The summed E-state index contributed by atoms with van der Waals surface area (Å²) in [6, 6.07) is 0. The van der Waals surface area contributed by atoms with Crippen LogP contribution in [0.15, 0.2) is 0 Å². The zero-order valence-electron chi connectivity index (χ0n) is 17.5. The molecule has 0 fully saturated rings. The average Bonchev–Trinajstić information content (AvgIpc) is 2.69. The Morgan fingerprint density at radius 1 is 0.366 bits per heavy atom. The normalized spacial score (nSPS) is 15.4. The molecule has 0 rings (SSSR count). The van der Waals surface area contributed by atoms with E-state index in [2.05, 4.69) is 0 Å². The quantitative estimate of drug-likeness (QED) is 0.265. The monoisotopic (exact) mass is 683 g/mol. The molecule has 3 N–H and O–H groups in total. The minimum Gasteiger partial charge on any atom is -0.336 e. The highest BCUT2D eigenvalue weighted by Gasteiger charge is 2.94. The number of carbonyl (C=O) groups is 3. The summed E-state index contributed by atoms with van der Waals surface area (Å²) in [7, 11) is -9.35. The molecular formula is C12H3F22N3O3Si. The van der Waals surface area contributed by atoms with Gasteiger partial charge in [0.1, 0.15) is 0 Å². The summed E-state index contributed by atoms with van der Waals surface area (Å²) in [4.78, 5) is 30.0. The van der Waals surface area contributed by atoms with E-state index in [0.29, 0.717) is 0 Å². The van der Waals surface area contributed by atoms with Crippen molar-refractivity contribution in [3.63, 3.8) is 0 Å². The molecule has 6 nitrogen and oxygen atoms in total. The summed E-state index contributed by atoms with van der Waals surface area (Å²) >= 11 is 0. The smallest absolute Gasteiger partial charge is 0.336 e. The van der Waals surface area contributed by atoms with E-state index < -0.39 is 95.2 Å². The van der Waals surface area contributed by atoms with Crippen molar-refractivity contribution in [3.8, 4) is 0 Å². The summed E-state index contributed by atoms with van der Waals surface area (Å²) in [6.07, 6.45) is -29.0. The SMILES string of the molecule is O=C(N[Si](NC(=O)C(F)(F)F)(NC(=O)C(F)(F)F)C(F)(F)C(F)(F)C(F)(F)C(F)(F)C(F)(F)C(F)(F)F)C(F)(F)F. The minimum atomic E-state index is -9.35. The van der Waals surface area contributed by atoms with Crippen LogP contribution in [0.3, 0.4) is 0 Å². The van der Waals surface area contributed by atoms with Crippen molar-refractivity contribution < 1.29 is 111 Å². The fourth-order valence-corrected chi connectivity index (χ4v) is 4.79. The van der Waals surface area contributed by atoms with Gasteiger partial charge in [-0.1, -0.05) is 0 Å². The molecule has 29 heteroatoms. The van der Waals surface area contributed by atoms with Gasteiger partial charge in [-0.15, -0.1) is 0 Å². The zero-order chi connectivity index (χ0) is 33.9. The lowest BCUT2D eigenvalue weighted by molar-refractivity contribution is -0.434. The first-order valence-corrected chi connectivity index (χ1v) is 10.5. The molecule has 0 spiro atoms. The molecule has 0 aromatic carbocycles. The Balaban J connectivity index is 7.89. The largest absolute Gasteiger partial charge is 0.470 e. The van der Waals surface area contributed by atoms with Gasteiger partial charge in [0.25, 0.3) is 0 Å². The number of rotatable bonds is 8. The van der Waals surface area contributed by atoms with Crippen molar-refractivity contribution in [1.29, 1.82) is 0 Å². The highest BCUT2D eigenvalue weighted by molar-refractivity contribution is 6.81. The Morgan fingerprint density at radius 2 is 0.585 bits per heavy atom. The third-order valence-corrected chi connectivity index (χ3v) is 7.14. The van der Waals surface area contributed by atoms with Gasteiger partial charge < -0.3 is 14.9 Å². The lowest BCUT2D eigenvalue weighted by Crippen LogP contribution is -2.90. The Kier molecular flexibility index (Phi) is 9.40. The molecule has 0 heterocycles. The number of hydrogen-bond acceptors (Lipinski definition) is 3. The van der Waals surface area contributed by atoms with Crippen LogP contribution in [0.2, 0.25) is 0 Å². The lowest BCUT2D eigenvalue weighted by atomic mass is 9.98. The van der Waals surface area contributed by atoms with Crippen LogP contribution < -0.4 is 14.9 Å². The Labute approximate surface area is 207 Å². The van der Waals surface area contributed by atoms with Gasteiger partial charge in [0, 0.05) is 0 Å². The third-order valence-electron chi connectivity index (χ3n) is 4.08. The first-order chi connectivity index (χ1) is 17.4. The highest BCUT2D eigenvalue weighted by Crippen LogP contribution is 2.61. The number of hydrogen-bond donors (Lipinski definition) is 3. The van der Waals surface area contributed by atoms with Crippen molar-refractivity contribution in [3.05, 3.63) is 0 Å². The summed E-state index contributed by atoms with van der Waals surface area (Å²) in [5.74, 6) is -49.1. The van der Waals surface area contributed by atoms with Crippen LogP contribution >= 0.6 is 0 Å². The maximum absolute atomic E-state index is 14.7. The summed E-state index contributed by atoms with van der Waals surface area (Å²) in [6.45, 7) is 0. The standard InChI is InChI=1S/C12H3F22N3O3Si/c13-4(14,15)1(38)35-41(36-2(39)5(16,17)18,37-3(40)6(19,20)21)12(33,34)10(28,29)8(24,25)7(22,23)9(26,27)11(30,31)32/h(H,35,38)(H,36,39)(H,37,40). The maximum atomic E-state index is 14.7. The van der Waals surface area contributed by atoms with Gasteiger partial charge in [0.05, 0.1) is 0 Å². The molecule has 0 bridgehead atoms. The Bertz CT molecular complexity index is 955. The van der Waals surface area contributed by atoms with Crippen LogP contribution in [0.25, 0.3) is 0 Å². The van der Waals surface area contributed by atoms with E-state index in [1.54, 1.807) is 0 Å². The van der Waals surface area contributed by atoms with Crippen LogP contribution in [-0.2, 0) is 14.4 Å². The van der Waals surface area contributed by atoms with E-state index in [-0.39, 0.29) is 0 Å². The van der Waals surface area contributed by atoms with Crippen LogP contribution in [0, 0.1) is 0 Å². The third kappa shape index (κ3) is 6.46. The molecule has 0 saturated carbocycles. The second kappa shape index (κ2) is 10.1. The average molecular weight is 683 g/mol. The zero-order valence-corrected chi connectivity index (χ0v) is 18.5. The van der Waals surface area contributed by atoms with Gasteiger partial charge in [-0.3, -0.25) is 14.4 Å². The number of carbonyl (C=O) groups excluding carboxylic acids is 3. The van der Waals surface area contributed by atoms with Crippen molar-refractivity contribution in [1.82, 2.24) is 14.9 Å². The van der Waals surface area contributed by atoms with Crippen LogP contribution in [0.1, 0.15) is 0 Å². The predicted octanol–water partition coefficient (Wildman–Crippen LogP) is 4.24. The summed E-state index contributed by atoms with van der Waals surface area (Å²) in [5.41, 5.74) is -8.53. The van der Waals surface area contributed by atoms with Gasteiger partial charge in [-0.25, -0.2) is 0 Å². The van der Waals surface area contributed by atoms with Crippen LogP contribution in [0.4, 0.5) is 96.6 Å². The van der Waals surface area contributed by atoms with Gasteiger partial charge in [-0.05, 0) is 0 Å². The van der Waals surface area contributed by atoms with E-state index >= 15 is 0 Å². The van der Waals surface area contributed by atoms with E-state index in [1.807, 2.05) is 0 Å². The van der Waals surface area contributed by atoms with E-state index in [9.17, 15) is 111 Å². The van der Waals surface area contributed by atoms with Crippen LogP contribution in [-0.4, -0.2) is 80.2 Å². The second-order valence-corrected chi connectivity index (χ2v) is 9.85. The second-order valence-electron chi connectivity index (χ2n) is 6.98. The Hall–Kier alpha value is -2.91. The molecule has 0 radical (unpaired) electrons. The molecule has 3 amide bonds. The van der Waals surface area contributed by atoms with Gasteiger partial charge >= 0.3 is 80.2 Å². The van der Waals surface area contributed by atoms with Gasteiger partial charge in [-0.2, -0.15) is 96.6 Å². The number of nitrogens with one attached hydrogen (secondary N) is 3. The van der Waals surface area contributed by atoms with E-state index in [0.717, 1.165) is 0 Å². The first kappa shape index (κ1) is 38.1. The lowest BCUT2D eigenvalue weighted by Gasteiger charge is -2.45. The molecule has 0 unspecified atom stereocenters. The molecule has 0 aromatic heterocycles. The molecule has 0 saturated heterocycles. The summed E-state index contributed by atoms with van der Waals surface area (Å²) in [5, 5.41) is 0. The molecular weight excluding hydrogens is 680 g/mol. The Morgan fingerprint density at radius 3 is 0.780 bits per heavy atom. The number of halogens is 22. The van der Waals surface area contributed by atoms with Crippen molar-refractivity contribution in [2.45, 2.75) is 53.9 Å². The minimum absolute atomic E-state index is 0.991.